The van der Waals surface area contributed by atoms with Gasteiger partial charge in [0.1, 0.15) is 11.6 Å². The van der Waals surface area contributed by atoms with Gasteiger partial charge in [0.25, 0.3) is 5.91 Å². The fraction of sp³-hybridized carbons (Fsp3) is 0.300. The molecule has 0 aliphatic carbocycles. The number of carbonyl (C=O) groups is 2. The van der Waals surface area contributed by atoms with Gasteiger partial charge in [0, 0.05) is 24.7 Å². The summed E-state index contributed by atoms with van der Waals surface area (Å²) >= 11 is 0. The summed E-state index contributed by atoms with van der Waals surface area (Å²) in [5, 5.41) is 0. The minimum absolute atomic E-state index is 0.258. The van der Waals surface area contributed by atoms with E-state index in [1.807, 2.05) is 0 Å². The van der Waals surface area contributed by atoms with Crippen LogP contribution in [0.15, 0.2) is 48.5 Å². The SMILES string of the molecule is COc1ccc(C(=O)O[C@@H](C(=O)N2CCOCC2)c2ccccc2)c(F)c1. The number of nitrogens with zero attached hydrogens (tertiary/aromatic N) is 1. The molecule has 0 N–H and O–H groups in total. The third-order valence-electron chi connectivity index (χ3n) is 4.27. The van der Waals surface area contributed by atoms with E-state index in [9.17, 15) is 14.0 Å². The van der Waals surface area contributed by atoms with E-state index in [-0.39, 0.29) is 17.2 Å². The minimum Gasteiger partial charge on any atom is -0.497 e. The Morgan fingerprint density at radius 2 is 1.81 bits per heavy atom. The third kappa shape index (κ3) is 4.43. The predicted octanol–water partition coefficient (Wildman–Crippen LogP) is 2.59. The molecule has 142 valence electrons. The molecule has 1 heterocycles. The van der Waals surface area contributed by atoms with Gasteiger partial charge in [-0.25, -0.2) is 9.18 Å². The number of hydrogen-bond acceptors (Lipinski definition) is 5. The zero-order chi connectivity index (χ0) is 19.2. The van der Waals surface area contributed by atoms with Crippen LogP contribution in [0.25, 0.3) is 0 Å². The molecule has 7 heteroatoms. The molecule has 0 unspecified atom stereocenters. The van der Waals surface area contributed by atoms with Gasteiger partial charge in [-0.1, -0.05) is 30.3 Å². The standard InChI is InChI=1S/C20H20FNO5/c1-25-15-7-8-16(17(21)13-15)20(24)27-18(14-5-3-2-4-6-14)19(23)22-9-11-26-12-10-22/h2-8,13,18H,9-12H2,1H3/t18-/m1/s1. The maximum atomic E-state index is 14.2. The first kappa shape index (κ1) is 18.8. The number of esters is 1. The van der Waals surface area contributed by atoms with Gasteiger partial charge in [-0.3, -0.25) is 4.79 Å². The summed E-state index contributed by atoms with van der Waals surface area (Å²) < 4.78 is 29.8. The van der Waals surface area contributed by atoms with E-state index >= 15 is 0 Å². The Hall–Kier alpha value is -2.93. The normalized spacial score (nSPS) is 15.1. The van der Waals surface area contributed by atoms with E-state index in [1.54, 1.807) is 35.2 Å². The number of rotatable bonds is 5. The second-order valence-electron chi connectivity index (χ2n) is 5.98. The van der Waals surface area contributed by atoms with Crippen LogP contribution in [0.3, 0.4) is 0 Å². The van der Waals surface area contributed by atoms with Crippen molar-refractivity contribution in [2.45, 2.75) is 6.10 Å². The lowest BCUT2D eigenvalue weighted by molar-refractivity contribution is -0.145. The fourth-order valence-electron chi connectivity index (χ4n) is 2.80. The van der Waals surface area contributed by atoms with Gasteiger partial charge >= 0.3 is 5.97 Å². The van der Waals surface area contributed by atoms with Crippen molar-refractivity contribution in [2.75, 3.05) is 33.4 Å². The first-order chi connectivity index (χ1) is 13.1. The third-order valence-corrected chi connectivity index (χ3v) is 4.27. The van der Waals surface area contributed by atoms with Crippen LogP contribution in [0.2, 0.25) is 0 Å². The monoisotopic (exact) mass is 373 g/mol. The Bertz CT molecular complexity index is 805. The topological polar surface area (TPSA) is 65.1 Å². The van der Waals surface area contributed by atoms with E-state index in [1.165, 1.54) is 19.2 Å². The molecule has 3 rings (SSSR count). The van der Waals surface area contributed by atoms with Crippen LogP contribution in [0.1, 0.15) is 22.0 Å². The summed E-state index contributed by atoms with van der Waals surface area (Å²) in [6.45, 7) is 1.68. The molecule has 0 saturated carbocycles. The molecular weight excluding hydrogens is 353 g/mol. The molecule has 2 aromatic rings. The van der Waals surface area contributed by atoms with Crippen molar-refractivity contribution in [1.29, 1.82) is 0 Å². The minimum atomic E-state index is -1.15. The Labute approximate surface area is 156 Å². The van der Waals surface area contributed by atoms with Crippen LogP contribution in [0.5, 0.6) is 5.75 Å². The van der Waals surface area contributed by atoms with Gasteiger partial charge in [0.05, 0.1) is 25.9 Å². The second kappa shape index (κ2) is 8.64. The molecule has 1 amide bonds. The van der Waals surface area contributed by atoms with Gasteiger partial charge in [0.2, 0.25) is 6.10 Å². The fourth-order valence-corrected chi connectivity index (χ4v) is 2.80. The molecule has 1 saturated heterocycles. The number of benzene rings is 2. The lowest BCUT2D eigenvalue weighted by atomic mass is 10.1. The summed E-state index contributed by atoms with van der Waals surface area (Å²) in [4.78, 5) is 27.1. The number of methoxy groups -OCH3 is 1. The molecule has 0 spiro atoms. The predicted molar refractivity (Wildman–Crippen MR) is 94.9 cm³/mol. The number of amides is 1. The first-order valence-corrected chi connectivity index (χ1v) is 8.56. The molecule has 0 bridgehead atoms. The highest BCUT2D eigenvalue weighted by atomic mass is 19.1. The van der Waals surface area contributed by atoms with Gasteiger partial charge in [-0.15, -0.1) is 0 Å². The summed E-state index contributed by atoms with van der Waals surface area (Å²) in [5.41, 5.74) is 0.266. The van der Waals surface area contributed by atoms with Crippen LogP contribution in [0, 0.1) is 5.82 Å². The molecule has 1 aliphatic heterocycles. The lowest BCUT2D eigenvalue weighted by Crippen LogP contribution is -2.44. The Balaban J connectivity index is 1.85. The number of morpholine rings is 1. The van der Waals surface area contributed by atoms with Crippen LogP contribution in [-0.2, 0) is 14.3 Å². The van der Waals surface area contributed by atoms with Crippen LogP contribution >= 0.6 is 0 Å². The molecule has 1 atom stereocenters. The van der Waals surface area contributed by atoms with Crippen molar-refractivity contribution in [3.05, 3.63) is 65.5 Å². The van der Waals surface area contributed by atoms with Crippen LogP contribution in [0.4, 0.5) is 4.39 Å². The van der Waals surface area contributed by atoms with E-state index in [4.69, 9.17) is 14.2 Å². The highest BCUT2D eigenvalue weighted by Gasteiger charge is 2.31. The first-order valence-electron chi connectivity index (χ1n) is 8.56. The number of carbonyl (C=O) groups excluding carboxylic acids is 2. The van der Waals surface area contributed by atoms with Crippen LogP contribution < -0.4 is 4.74 Å². The molecule has 1 fully saturated rings. The van der Waals surface area contributed by atoms with Crippen LogP contribution in [-0.4, -0.2) is 50.2 Å². The zero-order valence-electron chi connectivity index (χ0n) is 14.9. The highest BCUT2D eigenvalue weighted by molar-refractivity contribution is 5.93. The van der Waals surface area contributed by atoms with Crippen molar-refractivity contribution in [3.63, 3.8) is 0 Å². The largest absolute Gasteiger partial charge is 0.497 e. The van der Waals surface area contributed by atoms with Gasteiger partial charge in [-0.05, 0) is 12.1 Å². The van der Waals surface area contributed by atoms with Crippen molar-refractivity contribution >= 4 is 11.9 Å². The lowest BCUT2D eigenvalue weighted by Gasteiger charge is -2.30. The van der Waals surface area contributed by atoms with Crippen molar-refractivity contribution in [1.82, 2.24) is 4.90 Å². The van der Waals surface area contributed by atoms with Gasteiger partial charge in [0.15, 0.2) is 0 Å². The van der Waals surface area contributed by atoms with Gasteiger partial charge < -0.3 is 19.1 Å². The summed E-state index contributed by atoms with van der Waals surface area (Å²) in [6.07, 6.45) is -1.15. The quantitative estimate of drug-likeness (QED) is 0.754. The average molecular weight is 373 g/mol. The molecule has 0 aromatic heterocycles. The highest BCUT2D eigenvalue weighted by Crippen LogP contribution is 2.24. The molecule has 2 aromatic carbocycles. The molecule has 6 nitrogen and oxygen atoms in total. The van der Waals surface area contributed by atoms with Gasteiger partial charge in [-0.2, -0.15) is 0 Å². The smallest absolute Gasteiger partial charge is 0.342 e. The summed E-state index contributed by atoms with van der Waals surface area (Å²) in [5.74, 6) is -1.75. The Kier molecular flexibility index (Phi) is 6.03. The zero-order valence-corrected chi connectivity index (χ0v) is 14.9. The maximum absolute atomic E-state index is 14.2. The number of halogens is 1. The summed E-state index contributed by atoms with van der Waals surface area (Å²) in [6, 6.07) is 12.5. The van der Waals surface area contributed by atoms with E-state index < -0.39 is 17.9 Å². The summed E-state index contributed by atoms with van der Waals surface area (Å²) in [7, 11) is 1.40. The van der Waals surface area contributed by atoms with Crippen molar-refractivity contribution in [3.8, 4) is 5.75 Å². The molecule has 27 heavy (non-hydrogen) atoms. The second-order valence-corrected chi connectivity index (χ2v) is 5.98. The van der Waals surface area contributed by atoms with Crippen molar-refractivity contribution < 1.29 is 28.2 Å². The molecule has 0 radical (unpaired) electrons. The average Bonchev–Trinajstić information content (AvgIpc) is 2.72. The van der Waals surface area contributed by atoms with E-state index in [0.717, 1.165) is 6.07 Å². The maximum Gasteiger partial charge on any atom is 0.342 e. The molecule has 1 aliphatic rings. The van der Waals surface area contributed by atoms with E-state index in [0.29, 0.717) is 31.9 Å². The molecular formula is C20H20FNO5. The van der Waals surface area contributed by atoms with Crippen molar-refractivity contribution in [2.24, 2.45) is 0 Å². The van der Waals surface area contributed by atoms with E-state index in [2.05, 4.69) is 0 Å². The Morgan fingerprint density at radius 1 is 1.11 bits per heavy atom. The Morgan fingerprint density at radius 3 is 2.44 bits per heavy atom. The number of ether oxygens (including phenoxy) is 3. The number of hydrogen-bond donors (Lipinski definition) is 0.